The van der Waals surface area contributed by atoms with Crippen LogP contribution in [0.2, 0.25) is 0 Å². The molecule has 1 aromatic heterocycles. The zero-order valence-electron chi connectivity index (χ0n) is 18.7. The number of nitrogens with one attached hydrogen (secondary N) is 2. The van der Waals surface area contributed by atoms with Crippen LogP contribution in [0.1, 0.15) is 48.9 Å². The first-order valence-electron chi connectivity index (χ1n) is 11.4. The van der Waals surface area contributed by atoms with Crippen molar-refractivity contribution in [3.63, 3.8) is 0 Å². The molecule has 7 nitrogen and oxygen atoms in total. The third-order valence-corrected chi connectivity index (χ3v) is 7.44. The number of rotatable bonds is 4. The summed E-state index contributed by atoms with van der Waals surface area (Å²) < 4.78 is 0. The number of aryl methyl sites for hydroxylation is 1. The first-order chi connectivity index (χ1) is 15.0. The first-order valence-corrected chi connectivity index (χ1v) is 11.4. The molecule has 164 valence electrons. The van der Waals surface area contributed by atoms with E-state index in [-0.39, 0.29) is 11.3 Å². The van der Waals surface area contributed by atoms with Crippen molar-refractivity contribution in [2.45, 2.75) is 43.9 Å². The van der Waals surface area contributed by atoms with Gasteiger partial charge >= 0.3 is 0 Å². The lowest BCUT2D eigenvalue weighted by Crippen LogP contribution is -2.43. The number of likely N-dealkylation sites (N-methyl/N-ethyl adjacent to an activating group) is 2. The van der Waals surface area contributed by atoms with E-state index in [1.807, 2.05) is 7.05 Å². The van der Waals surface area contributed by atoms with Gasteiger partial charge in [-0.25, -0.2) is 9.97 Å². The van der Waals surface area contributed by atoms with E-state index in [9.17, 15) is 4.79 Å². The van der Waals surface area contributed by atoms with Gasteiger partial charge in [0.15, 0.2) is 0 Å². The Kier molecular flexibility index (Phi) is 5.08. The van der Waals surface area contributed by atoms with E-state index in [1.165, 1.54) is 22.5 Å². The van der Waals surface area contributed by atoms with Crippen LogP contribution in [0.4, 0.5) is 17.2 Å². The molecule has 1 atom stereocenters. The molecule has 3 heterocycles. The van der Waals surface area contributed by atoms with Gasteiger partial charge in [0.25, 0.3) is 0 Å². The van der Waals surface area contributed by atoms with Gasteiger partial charge in [-0.15, -0.1) is 0 Å². The van der Waals surface area contributed by atoms with Crippen LogP contribution in [-0.2, 0) is 16.6 Å². The van der Waals surface area contributed by atoms with E-state index >= 15 is 0 Å². The Balaban J connectivity index is 1.64. The Morgan fingerprint density at radius 3 is 2.90 bits per heavy atom. The highest BCUT2D eigenvalue weighted by Gasteiger charge is 2.47. The number of carbonyl (C=O) groups excluding carboxylic acids is 1. The van der Waals surface area contributed by atoms with E-state index in [0.717, 1.165) is 56.8 Å². The second-order valence-electron chi connectivity index (χ2n) is 9.31. The van der Waals surface area contributed by atoms with Crippen LogP contribution >= 0.6 is 0 Å². The van der Waals surface area contributed by atoms with E-state index in [0.29, 0.717) is 12.5 Å². The largest absolute Gasteiger partial charge is 0.365 e. The van der Waals surface area contributed by atoms with Crippen molar-refractivity contribution in [1.29, 1.82) is 0 Å². The molecule has 2 aromatic rings. The minimum Gasteiger partial charge on any atom is -0.365 e. The Morgan fingerprint density at radius 1 is 1.32 bits per heavy atom. The maximum atomic E-state index is 12.1. The van der Waals surface area contributed by atoms with Crippen LogP contribution in [0.25, 0.3) is 0 Å². The van der Waals surface area contributed by atoms with Gasteiger partial charge in [0, 0.05) is 54.3 Å². The van der Waals surface area contributed by atoms with Gasteiger partial charge in [0.1, 0.15) is 12.1 Å². The SMILES string of the molecule is CNC(=O)CN(C)c1cccc2c1C1(CCNCC1)CN2c1ncnc2c1[C@H](C)CC2. The molecule has 1 saturated heterocycles. The molecule has 0 radical (unpaired) electrons. The Bertz CT molecular complexity index is 1000. The second kappa shape index (κ2) is 7.79. The van der Waals surface area contributed by atoms with Crippen molar-refractivity contribution < 1.29 is 4.79 Å². The number of piperidine rings is 1. The lowest BCUT2D eigenvalue weighted by Gasteiger charge is -2.37. The molecule has 31 heavy (non-hydrogen) atoms. The number of hydrogen-bond donors (Lipinski definition) is 2. The van der Waals surface area contributed by atoms with Gasteiger partial charge in [-0.2, -0.15) is 0 Å². The van der Waals surface area contributed by atoms with Gasteiger partial charge in [0.2, 0.25) is 5.91 Å². The summed E-state index contributed by atoms with van der Waals surface area (Å²) in [7, 11) is 3.71. The first kappa shape index (κ1) is 20.2. The van der Waals surface area contributed by atoms with Crippen LogP contribution in [0.15, 0.2) is 24.5 Å². The number of anilines is 3. The Labute approximate surface area is 184 Å². The van der Waals surface area contributed by atoms with Crippen molar-refractivity contribution in [2.24, 2.45) is 0 Å². The van der Waals surface area contributed by atoms with Crippen molar-refractivity contribution >= 4 is 23.1 Å². The second-order valence-corrected chi connectivity index (χ2v) is 9.31. The zero-order valence-corrected chi connectivity index (χ0v) is 18.7. The van der Waals surface area contributed by atoms with Gasteiger partial charge in [-0.1, -0.05) is 13.0 Å². The minimum absolute atomic E-state index is 0.0248. The fourth-order valence-electron chi connectivity index (χ4n) is 5.80. The number of amides is 1. The molecule has 2 N–H and O–H groups in total. The van der Waals surface area contributed by atoms with Crippen molar-refractivity contribution in [2.75, 3.05) is 50.1 Å². The molecule has 1 fully saturated rings. The predicted octanol–water partition coefficient (Wildman–Crippen LogP) is 2.48. The number of fused-ring (bicyclic) bond motifs is 3. The maximum Gasteiger partial charge on any atom is 0.239 e. The molecule has 7 heteroatoms. The lowest BCUT2D eigenvalue weighted by atomic mass is 9.74. The van der Waals surface area contributed by atoms with E-state index in [4.69, 9.17) is 4.98 Å². The summed E-state index contributed by atoms with van der Waals surface area (Å²) in [6.45, 7) is 5.61. The fraction of sp³-hybridized carbons (Fsp3) is 0.542. The topological polar surface area (TPSA) is 73.4 Å². The third kappa shape index (κ3) is 3.26. The monoisotopic (exact) mass is 420 g/mol. The molecular formula is C24H32N6O. The molecule has 0 saturated carbocycles. The fourth-order valence-corrected chi connectivity index (χ4v) is 5.80. The third-order valence-electron chi connectivity index (χ3n) is 7.44. The average Bonchev–Trinajstić information content (AvgIpc) is 3.33. The average molecular weight is 421 g/mol. The van der Waals surface area contributed by atoms with Crippen LogP contribution in [0.3, 0.4) is 0 Å². The van der Waals surface area contributed by atoms with Gasteiger partial charge < -0.3 is 20.4 Å². The van der Waals surface area contributed by atoms with Gasteiger partial charge in [-0.05, 0) is 56.8 Å². The molecule has 0 unspecified atom stereocenters. The van der Waals surface area contributed by atoms with E-state index in [1.54, 1.807) is 13.4 Å². The van der Waals surface area contributed by atoms with Gasteiger partial charge in [0.05, 0.1) is 6.54 Å². The highest BCUT2D eigenvalue weighted by molar-refractivity contribution is 5.84. The normalized spacial score (nSPS) is 21.1. The molecule has 3 aliphatic rings. The van der Waals surface area contributed by atoms with Crippen LogP contribution in [-0.4, -0.2) is 56.1 Å². The minimum atomic E-state index is 0.0248. The molecule has 5 rings (SSSR count). The Morgan fingerprint density at radius 2 is 2.13 bits per heavy atom. The summed E-state index contributed by atoms with van der Waals surface area (Å²) in [6, 6.07) is 6.52. The van der Waals surface area contributed by atoms with Crippen molar-refractivity contribution in [3.05, 3.63) is 41.3 Å². The highest BCUT2D eigenvalue weighted by Crippen LogP contribution is 2.53. The van der Waals surface area contributed by atoms with E-state index < -0.39 is 0 Å². The molecule has 0 bridgehead atoms. The van der Waals surface area contributed by atoms with Crippen molar-refractivity contribution in [1.82, 2.24) is 20.6 Å². The van der Waals surface area contributed by atoms with Crippen molar-refractivity contribution in [3.8, 4) is 0 Å². The summed E-state index contributed by atoms with van der Waals surface area (Å²) in [5.41, 5.74) is 6.36. The summed E-state index contributed by atoms with van der Waals surface area (Å²) in [6.07, 6.45) is 6.09. The lowest BCUT2D eigenvalue weighted by molar-refractivity contribution is -0.119. The number of hydrogen-bond acceptors (Lipinski definition) is 6. The zero-order chi connectivity index (χ0) is 21.6. The molecule has 1 amide bonds. The van der Waals surface area contributed by atoms with Crippen LogP contribution in [0, 0.1) is 0 Å². The Hall–Kier alpha value is -2.67. The highest BCUT2D eigenvalue weighted by atomic mass is 16.1. The molecular weight excluding hydrogens is 388 g/mol. The van der Waals surface area contributed by atoms with Crippen LogP contribution in [0.5, 0.6) is 0 Å². The molecule has 1 aliphatic carbocycles. The molecule has 1 aromatic carbocycles. The number of aromatic nitrogens is 2. The predicted molar refractivity (Wildman–Crippen MR) is 123 cm³/mol. The maximum absolute atomic E-state index is 12.1. The number of nitrogens with zero attached hydrogens (tertiary/aromatic N) is 4. The summed E-state index contributed by atoms with van der Waals surface area (Å²) in [5, 5.41) is 6.29. The summed E-state index contributed by atoms with van der Waals surface area (Å²) >= 11 is 0. The quantitative estimate of drug-likeness (QED) is 0.792. The standard InChI is InChI=1S/C24H32N6O/c1-16-7-8-17-21(16)23(28-15-27-17)30-14-24(9-11-26-12-10-24)22-18(5-4-6-19(22)30)29(3)13-20(31)25-2/h4-6,15-16,26H,7-14H2,1-3H3,(H,25,31)/t16-/m1/s1. The molecule has 2 aliphatic heterocycles. The number of carbonyl (C=O) groups is 1. The molecule has 1 spiro atoms. The summed E-state index contributed by atoms with van der Waals surface area (Å²) in [5.74, 6) is 1.59. The summed E-state index contributed by atoms with van der Waals surface area (Å²) in [4.78, 5) is 26.1. The van der Waals surface area contributed by atoms with Gasteiger partial charge in [-0.3, -0.25) is 4.79 Å². The smallest absolute Gasteiger partial charge is 0.239 e. The number of benzene rings is 1. The van der Waals surface area contributed by atoms with Crippen LogP contribution < -0.4 is 20.4 Å². The van der Waals surface area contributed by atoms with E-state index in [2.05, 4.69) is 50.5 Å².